The molecule has 0 aliphatic rings. The molecule has 8 nitrogen and oxygen atoms in total. The van der Waals surface area contributed by atoms with Crippen molar-refractivity contribution in [3.8, 4) is 0 Å². The van der Waals surface area contributed by atoms with Crippen LogP contribution in [0.2, 0.25) is 5.02 Å². The van der Waals surface area contributed by atoms with Gasteiger partial charge in [0.15, 0.2) is 12.4 Å². The highest BCUT2D eigenvalue weighted by Gasteiger charge is 2.22. The summed E-state index contributed by atoms with van der Waals surface area (Å²) in [5.74, 6) is -2.85. The third kappa shape index (κ3) is 5.58. The van der Waals surface area contributed by atoms with Crippen LogP contribution < -0.4 is 5.32 Å². The van der Waals surface area contributed by atoms with Crippen LogP contribution in [0.3, 0.4) is 0 Å². The number of carbonyl (C=O) groups excluding carboxylic acids is 3. The minimum absolute atomic E-state index is 0.0503. The molecule has 0 fully saturated rings. The zero-order valence-electron chi connectivity index (χ0n) is 17.1. The molecule has 0 spiro atoms. The van der Waals surface area contributed by atoms with Crippen molar-refractivity contribution in [2.75, 3.05) is 11.9 Å². The first-order chi connectivity index (χ1) is 15.7. The predicted octanol–water partition coefficient (Wildman–Crippen LogP) is 4.72. The van der Waals surface area contributed by atoms with Gasteiger partial charge in [-0.25, -0.2) is 9.18 Å². The molecule has 0 saturated carbocycles. The van der Waals surface area contributed by atoms with Crippen molar-refractivity contribution in [2.24, 2.45) is 0 Å². The number of hydrogen-bond acceptors (Lipinski definition) is 6. The van der Waals surface area contributed by atoms with Crippen LogP contribution in [0, 0.1) is 22.9 Å². The Bertz CT molecular complexity index is 1280. The highest BCUT2D eigenvalue weighted by Crippen LogP contribution is 2.27. The number of nitrogens with zero attached hydrogens (tertiary/aromatic N) is 1. The van der Waals surface area contributed by atoms with Gasteiger partial charge >= 0.3 is 5.97 Å². The third-order valence-electron chi connectivity index (χ3n) is 4.60. The van der Waals surface area contributed by atoms with Crippen molar-refractivity contribution < 1.29 is 28.4 Å². The molecule has 0 bridgehead atoms. The number of amides is 1. The summed E-state index contributed by atoms with van der Waals surface area (Å²) < 4.78 is 18.4. The van der Waals surface area contributed by atoms with E-state index in [1.54, 1.807) is 6.92 Å². The summed E-state index contributed by atoms with van der Waals surface area (Å²) in [6.07, 6.45) is 0. The van der Waals surface area contributed by atoms with Crippen LogP contribution in [0.1, 0.15) is 31.8 Å². The molecule has 10 heteroatoms. The number of esters is 1. The van der Waals surface area contributed by atoms with Crippen molar-refractivity contribution in [1.82, 2.24) is 0 Å². The Labute approximate surface area is 192 Å². The van der Waals surface area contributed by atoms with Gasteiger partial charge in [-0.15, -0.1) is 0 Å². The largest absolute Gasteiger partial charge is 0.452 e. The Kier molecular flexibility index (Phi) is 7.14. The summed E-state index contributed by atoms with van der Waals surface area (Å²) in [5, 5.41) is 13.4. The summed E-state index contributed by atoms with van der Waals surface area (Å²) in [6, 6.07) is 13.1. The Morgan fingerprint density at radius 2 is 1.76 bits per heavy atom. The molecule has 0 aliphatic heterocycles. The fraction of sp³-hybridized carbons (Fsp3) is 0.0870. The summed E-state index contributed by atoms with van der Waals surface area (Å²) in [6.45, 7) is 0.994. The molecule has 33 heavy (non-hydrogen) atoms. The van der Waals surface area contributed by atoms with E-state index in [-0.39, 0.29) is 27.4 Å². The van der Waals surface area contributed by atoms with Gasteiger partial charge in [-0.3, -0.25) is 19.7 Å². The standard InChI is InChI=1S/C23H16ClFN2O6/c1-13-6-8-15(25)11-19(13)26-21(28)12-33-23(30)17-5-3-2-4-16(17)22(29)14-7-9-18(24)20(10-14)27(31)32/h2-11H,12H2,1H3,(H,26,28). The predicted molar refractivity (Wildman–Crippen MR) is 118 cm³/mol. The van der Waals surface area contributed by atoms with Crippen LogP contribution in [0.5, 0.6) is 0 Å². The molecule has 3 aromatic carbocycles. The maximum Gasteiger partial charge on any atom is 0.339 e. The molecule has 0 saturated heterocycles. The van der Waals surface area contributed by atoms with Crippen LogP contribution in [-0.4, -0.2) is 29.2 Å². The van der Waals surface area contributed by atoms with E-state index in [9.17, 15) is 28.9 Å². The second-order valence-electron chi connectivity index (χ2n) is 6.88. The number of nitro benzene ring substituents is 1. The van der Waals surface area contributed by atoms with Gasteiger partial charge in [0.05, 0.1) is 10.5 Å². The lowest BCUT2D eigenvalue weighted by Gasteiger charge is -2.11. The number of halogens is 2. The van der Waals surface area contributed by atoms with Gasteiger partial charge in [0.2, 0.25) is 0 Å². The summed E-state index contributed by atoms with van der Waals surface area (Å²) in [7, 11) is 0. The van der Waals surface area contributed by atoms with Crippen molar-refractivity contribution in [3.05, 3.63) is 104 Å². The third-order valence-corrected chi connectivity index (χ3v) is 4.92. The molecule has 1 N–H and O–H groups in total. The molecule has 3 rings (SSSR count). The number of rotatable bonds is 7. The number of anilines is 1. The first-order valence-electron chi connectivity index (χ1n) is 9.48. The quantitative estimate of drug-likeness (QED) is 0.231. The monoisotopic (exact) mass is 470 g/mol. The fourth-order valence-electron chi connectivity index (χ4n) is 2.93. The second-order valence-corrected chi connectivity index (χ2v) is 7.29. The smallest absolute Gasteiger partial charge is 0.339 e. The van der Waals surface area contributed by atoms with E-state index in [1.165, 1.54) is 48.5 Å². The maximum absolute atomic E-state index is 13.4. The molecule has 3 aromatic rings. The van der Waals surface area contributed by atoms with Gasteiger partial charge in [-0.05, 0) is 42.8 Å². The molecule has 0 radical (unpaired) electrons. The van der Waals surface area contributed by atoms with Gasteiger partial charge in [0.1, 0.15) is 10.8 Å². The van der Waals surface area contributed by atoms with Gasteiger partial charge in [-0.1, -0.05) is 35.9 Å². The number of nitro groups is 1. The molecule has 168 valence electrons. The molecular weight excluding hydrogens is 455 g/mol. The molecule has 0 heterocycles. The van der Waals surface area contributed by atoms with E-state index in [4.69, 9.17) is 16.3 Å². The second kappa shape index (κ2) is 10.0. The SMILES string of the molecule is Cc1ccc(F)cc1NC(=O)COC(=O)c1ccccc1C(=O)c1ccc(Cl)c([N+](=O)[O-])c1. The fourth-order valence-corrected chi connectivity index (χ4v) is 3.12. The maximum atomic E-state index is 13.4. The Morgan fingerprint density at radius 1 is 1.06 bits per heavy atom. The van der Waals surface area contributed by atoms with E-state index in [2.05, 4.69) is 5.32 Å². The van der Waals surface area contributed by atoms with Crippen molar-refractivity contribution >= 4 is 40.6 Å². The lowest BCUT2D eigenvalue weighted by molar-refractivity contribution is -0.384. The van der Waals surface area contributed by atoms with Crippen LogP contribution in [0.15, 0.2) is 60.7 Å². The summed E-state index contributed by atoms with van der Waals surface area (Å²) >= 11 is 5.79. The van der Waals surface area contributed by atoms with E-state index < -0.39 is 40.7 Å². The van der Waals surface area contributed by atoms with Gasteiger partial charge in [0, 0.05) is 22.9 Å². The van der Waals surface area contributed by atoms with E-state index >= 15 is 0 Å². The Balaban J connectivity index is 1.76. The minimum atomic E-state index is -0.950. The van der Waals surface area contributed by atoms with E-state index in [0.29, 0.717) is 5.56 Å². The zero-order chi connectivity index (χ0) is 24.1. The van der Waals surface area contributed by atoms with Crippen LogP contribution >= 0.6 is 11.6 Å². The summed E-state index contributed by atoms with van der Waals surface area (Å²) in [5.41, 5.74) is 0.146. The highest BCUT2D eigenvalue weighted by molar-refractivity contribution is 6.33. The first kappa shape index (κ1) is 23.6. The number of carbonyl (C=O) groups is 3. The van der Waals surface area contributed by atoms with E-state index in [0.717, 1.165) is 12.1 Å². The van der Waals surface area contributed by atoms with Crippen molar-refractivity contribution in [3.63, 3.8) is 0 Å². The average molecular weight is 471 g/mol. The highest BCUT2D eigenvalue weighted by atomic mass is 35.5. The summed E-state index contributed by atoms with van der Waals surface area (Å²) in [4.78, 5) is 48.0. The molecule has 0 aliphatic carbocycles. The molecule has 1 amide bonds. The van der Waals surface area contributed by atoms with Gasteiger partial charge in [-0.2, -0.15) is 0 Å². The topological polar surface area (TPSA) is 116 Å². The van der Waals surface area contributed by atoms with E-state index in [1.807, 2.05) is 0 Å². The number of aryl methyl sites for hydroxylation is 1. The lowest BCUT2D eigenvalue weighted by atomic mass is 9.98. The van der Waals surface area contributed by atoms with Gasteiger partial charge < -0.3 is 10.1 Å². The number of ketones is 1. The van der Waals surface area contributed by atoms with Crippen LogP contribution in [0.25, 0.3) is 0 Å². The van der Waals surface area contributed by atoms with Crippen LogP contribution in [-0.2, 0) is 9.53 Å². The lowest BCUT2D eigenvalue weighted by Crippen LogP contribution is -2.22. The number of hydrogen-bond donors (Lipinski definition) is 1. The van der Waals surface area contributed by atoms with Crippen LogP contribution in [0.4, 0.5) is 15.8 Å². The molecule has 0 unspecified atom stereocenters. The van der Waals surface area contributed by atoms with Crippen molar-refractivity contribution in [2.45, 2.75) is 6.92 Å². The molecular formula is C23H16ClFN2O6. The normalized spacial score (nSPS) is 10.4. The first-order valence-corrected chi connectivity index (χ1v) is 9.86. The molecule has 0 atom stereocenters. The van der Waals surface area contributed by atoms with Crippen molar-refractivity contribution in [1.29, 1.82) is 0 Å². The number of nitrogens with one attached hydrogen (secondary N) is 1. The van der Waals surface area contributed by atoms with Gasteiger partial charge in [0.25, 0.3) is 11.6 Å². The molecule has 0 aromatic heterocycles. The Morgan fingerprint density at radius 3 is 2.45 bits per heavy atom. The zero-order valence-corrected chi connectivity index (χ0v) is 17.9. The average Bonchev–Trinajstić information content (AvgIpc) is 2.79. The Hall–Kier alpha value is -4.11. The number of benzene rings is 3. The number of ether oxygens (including phenoxy) is 1. The minimum Gasteiger partial charge on any atom is -0.452 e.